The van der Waals surface area contributed by atoms with Crippen LogP contribution in [0.1, 0.15) is 41.5 Å². The van der Waals surface area contributed by atoms with Crippen LogP contribution in [0, 0.1) is 0 Å². The Balaban J connectivity index is 3.37. The lowest BCUT2D eigenvalue weighted by atomic mass is 10.0. The maximum Gasteiger partial charge on any atom is 0.417 e. The minimum atomic E-state index is -4.35. The second-order valence-electron chi connectivity index (χ2n) is 10.3. The molecule has 1 aliphatic rings. The van der Waals surface area contributed by atoms with Crippen molar-refractivity contribution in [3.05, 3.63) is 0 Å². The Hall–Kier alpha value is -0.436. The molecule has 1 heterocycles. The van der Waals surface area contributed by atoms with Gasteiger partial charge in [0.05, 0.1) is 0 Å². The first-order valence-electron chi connectivity index (χ1n) is 9.14. The number of hydrogen-bond donors (Lipinski definition) is 2. The van der Waals surface area contributed by atoms with E-state index >= 15 is 0 Å². The van der Waals surface area contributed by atoms with Crippen LogP contribution in [-0.4, -0.2) is 56.9 Å². The molecule has 1 aliphatic heterocycles. The second-order valence-corrected chi connectivity index (χ2v) is 19.8. The van der Waals surface area contributed by atoms with Crippen molar-refractivity contribution in [2.24, 2.45) is 0 Å². The summed E-state index contributed by atoms with van der Waals surface area (Å²) in [4.78, 5) is 20.4. The summed E-state index contributed by atoms with van der Waals surface area (Å²) < 4.78 is 41.0. The van der Waals surface area contributed by atoms with E-state index in [1.807, 2.05) is 20.8 Å². The van der Waals surface area contributed by atoms with E-state index in [-0.39, 0.29) is 5.04 Å². The minimum absolute atomic E-state index is 0.369. The Morgan fingerprint density at radius 1 is 0.964 bits per heavy atom. The van der Waals surface area contributed by atoms with E-state index in [9.17, 15) is 23.8 Å². The lowest BCUT2D eigenvalue weighted by Gasteiger charge is -2.46. The Kier molecular flexibility index (Phi) is 6.73. The van der Waals surface area contributed by atoms with Crippen molar-refractivity contribution in [2.45, 2.75) is 102 Å². The van der Waals surface area contributed by atoms with Gasteiger partial charge in [-0.05, 0) is 36.3 Å². The van der Waals surface area contributed by atoms with Gasteiger partial charge in [0.2, 0.25) is 0 Å². The van der Waals surface area contributed by atoms with Crippen LogP contribution in [0.3, 0.4) is 0 Å². The quantitative estimate of drug-likeness (QED) is 0.368. The number of alkyl halides is 2. The Labute approximate surface area is 167 Å². The molecule has 3 atom stereocenters. The van der Waals surface area contributed by atoms with Crippen molar-refractivity contribution in [1.29, 1.82) is 0 Å². The standard InChI is InChI=1S/C17H34F2O7Si2/c1-14(2,3)27(7,8)24-12(21)11(20)17(16(18,19)13(22)23-25-17)26-28(9,10)15(4,5)6/h11-12,20-21H,1-10H3/t11-,12?,17+/m1/s1. The molecule has 0 aromatic heterocycles. The molecule has 1 saturated heterocycles. The van der Waals surface area contributed by atoms with E-state index < -0.39 is 51.7 Å². The maximum absolute atomic E-state index is 14.8. The highest BCUT2D eigenvalue weighted by Crippen LogP contribution is 2.50. The Morgan fingerprint density at radius 2 is 1.39 bits per heavy atom. The van der Waals surface area contributed by atoms with Crippen LogP contribution in [0.4, 0.5) is 8.78 Å². The smallest absolute Gasteiger partial charge is 0.390 e. The van der Waals surface area contributed by atoms with Crippen LogP contribution in [0.2, 0.25) is 36.3 Å². The number of carbonyl (C=O) groups excluding carboxylic acids is 1. The van der Waals surface area contributed by atoms with Crippen molar-refractivity contribution >= 4 is 22.6 Å². The molecule has 2 N–H and O–H groups in total. The van der Waals surface area contributed by atoms with Gasteiger partial charge < -0.3 is 19.1 Å². The highest BCUT2D eigenvalue weighted by atomic mass is 28.4. The SMILES string of the molecule is CC(C)(C)[Si](C)(C)OC(O)[C@@H](O)[C@@]1(O[Si](C)(C)C(C)(C)C)OOC(=O)C1(F)F. The van der Waals surface area contributed by atoms with Gasteiger partial charge in [-0.3, -0.25) is 4.89 Å². The van der Waals surface area contributed by atoms with E-state index in [1.165, 1.54) is 0 Å². The lowest BCUT2D eigenvalue weighted by Crippen LogP contribution is -2.67. The third-order valence-electron chi connectivity index (χ3n) is 6.03. The summed E-state index contributed by atoms with van der Waals surface area (Å²) in [6.45, 7) is 17.9. The van der Waals surface area contributed by atoms with Gasteiger partial charge >= 0.3 is 17.7 Å². The van der Waals surface area contributed by atoms with E-state index in [4.69, 9.17) is 8.85 Å². The van der Waals surface area contributed by atoms with Gasteiger partial charge in [0, 0.05) is 0 Å². The van der Waals surface area contributed by atoms with E-state index in [1.54, 1.807) is 47.0 Å². The summed E-state index contributed by atoms with van der Waals surface area (Å²) in [7, 11) is -5.67. The van der Waals surface area contributed by atoms with Gasteiger partial charge in [0.1, 0.15) is 0 Å². The van der Waals surface area contributed by atoms with Crippen molar-refractivity contribution < 1.29 is 42.4 Å². The van der Waals surface area contributed by atoms with Crippen LogP contribution in [-0.2, 0) is 23.4 Å². The molecule has 166 valence electrons. The van der Waals surface area contributed by atoms with Crippen LogP contribution >= 0.6 is 0 Å². The normalized spacial score (nSPS) is 26.1. The predicted molar refractivity (Wildman–Crippen MR) is 103 cm³/mol. The molecule has 0 bridgehead atoms. The largest absolute Gasteiger partial charge is 0.417 e. The molecule has 0 spiro atoms. The summed E-state index contributed by atoms with van der Waals surface area (Å²) >= 11 is 0. The van der Waals surface area contributed by atoms with E-state index in [0.29, 0.717) is 0 Å². The Bertz CT molecular complexity index is 599. The van der Waals surface area contributed by atoms with Gasteiger partial charge in [-0.25, -0.2) is 4.79 Å². The molecule has 1 unspecified atom stereocenters. The van der Waals surface area contributed by atoms with Crippen molar-refractivity contribution in [3.8, 4) is 0 Å². The molecule has 0 aliphatic carbocycles. The Morgan fingerprint density at radius 3 is 1.71 bits per heavy atom. The lowest BCUT2D eigenvalue weighted by molar-refractivity contribution is -0.411. The molecule has 0 saturated carbocycles. The van der Waals surface area contributed by atoms with Gasteiger partial charge in [-0.15, -0.1) is 4.89 Å². The maximum atomic E-state index is 14.8. The van der Waals surface area contributed by atoms with Crippen LogP contribution < -0.4 is 0 Å². The predicted octanol–water partition coefficient (Wildman–Crippen LogP) is 3.53. The average Bonchev–Trinajstić information content (AvgIpc) is 2.67. The highest BCUT2D eigenvalue weighted by Gasteiger charge is 2.76. The molecule has 0 aromatic carbocycles. The number of aliphatic hydroxyl groups is 2. The summed E-state index contributed by atoms with van der Waals surface area (Å²) in [5, 5.41) is 20.2. The molecule has 1 rings (SSSR count). The van der Waals surface area contributed by atoms with Gasteiger partial charge in [0.15, 0.2) is 29.0 Å². The van der Waals surface area contributed by atoms with Crippen LogP contribution in [0.15, 0.2) is 0 Å². The molecule has 0 aromatic rings. The molecule has 11 heteroatoms. The average molecular weight is 445 g/mol. The van der Waals surface area contributed by atoms with Crippen molar-refractivity contribution in [2.75, 3.05) is 0 Å². The van der Waals surface area contributed by atoms with Gasteiger partial charge in [-0.1, -0.05) is 41.5 Å². The zero-order valence-electron chi connectivity index (χ0n) is 18.3. The molecule has 0 amide bonds. The summed E-state index contributed by atoms with van der Waals surface area (Å²) in [6, 6.07) is 0. The fraction of sp³-hybridized carbons (Fsp3) is 0.941. The summed E-state index contributed by atoms with van der Waals surface area (Å²) in [5.41, 5.74) is 0. The third-order valence-corrected chi connectivity index (χ3v) is 14.9. The first kappa shape index (κ1) is 25.6. The number of rotatable bonds is 6. The zero-order chi connectivity index (χ0) is 22.6. The molecular weight excluding hydrogens is 410 g/mol. The number of carbonyl (C=O) groups is 1. The van der Waals surface area contributed by atoms with Crippen LogP contribution in [0.25, 0.3) is 0 Å². The fourth-order valence-electron chi connectivity index (χ4n) is 1.99. The molecule has 0 radical (unpaired) electrons. The third kappa shape index (κ3) is 4.35. The van der Waals surface area contributed by atoms with E-state index in [0.717, 1.165) is 0 Å². The van der Waals surface area contributed by atoms with Gasteiger partial charge in [-0.2, -0.15) is 8.78 Å². The highest BCUT2D eigenvalue weighted by molar-refractivity contribution is 6.74. The zero-order valence-corrected chi connectivity index (χ0v) is 20.3. The van der Waals surface area contributed by atoms with E-state index in [2.05, 4.69) is 9.78 Å². The summed E-state index contributed by atoms with van der Waals surface area (Å²) in [6.07, 6.45) is -4.47. The second kappa shape index (κ2) is 7.36. The monoisotopic (exact) mass is 444 g/mol. The van der Waals surface area contributed by atoms with Crippen molar-refractivity contribution in [1.82, 2.24) is 0 Å². The van der Waals surface area contributed by atoms with Gasteiger partial charge in [0.25, 0.3) is 0 Å². The first-order valence-corrected chi connectivity index (χ1v) is 15.0. The molecule has 1 fully saturated rings. The molecule has 28 heavy (non-hydrogen) atoms. The molecule has 7 nitrogen and oxygen atoms in total. The van der Waals surface area contributed by atoms with Crippen LogP contribution in [0.5, 0.6) is 0 Å². The topological polar surface area (TPSA) is 94.5 Å². The molecular formula is C17H34F2O7Si2. The van der Waals surface area contributed by atoms with Crippen molar-refractivity contribution in [3.63, 3.8) is 0 Å². The fourth-order valence-corrected chi connectivity index (χ4v) is 4.42. The number of hydrogen-bond acceptors (Lipinski definition) is 7. The summed E-state index contributed by atoms with van der Waals surface area (Å²) in [5.74, 6) is -9.56. The number of aliphatic hydroxyl groups excluding tert-OH is 2. The minimum Gasteiger partial charge on any atom is -0.390 e. The first-order chi connectivity index (χ1) is 12.1. The number of halogens is 2.